The van der Waals surface area contributed by atoms with E-state index in [0.717, 1.165) is 15.2 Å². The van der Waals surface area contributed by atoms with Gasteiger partial charge in [0.25, 0.3) is 0 Å². The Labute approximate surface area is 343 Å². The number of ether oxygens (including phenoxy) is 4. The molecule has 0 aliphatic rings. The number of sulfonamides is 1. The number of H-pyrrole nitrogens is 1. The number of carbonyl (C=O) groups is 1. The Morgan fingerprint density at radius 3 is 1.87 bits per heavy atom. The number of hydrogen-bond donors (Lipinski definition) is 1. The topological polar surface area (TPSA) is 151 Å². The Morgan fingerprint density at radius 2 is 1.33 bits per heavy atom. The maximum atomic E-state index is 15.4. The van der Waals surface area contributed by atoms with E-state index in [2.05, 4.69) is 20.4 Å². The molecule has 310 valence electrons. The molecule has 2 aromatic heterocycles. The van der Waals surface area contributed by atoms with Gasteiger partial charge in [-0.15, -0.1) is 10.2 Å². The molecule has 0 amide bonds. The van der Waals surface area contributed by atoms with Crippen LogP contribution in [0.3, 0.4) is 0 Å². The fourth-order valence-electron chi connectivity index (χ4n) is 6.75. The molecular formula is C43H39F3N6O7S. The van der Waals surface area contributed by atoms with Crippen molar-refractivity contribution >= 4 is 26.9 Å². The van der Waals surface area contributed by atoms with Crippen molar-refractivity contribution in [1.29, 1.82) is 0 Å². The number of aromatic amines is 1. The maximum absolute atomic E-state index is 15.4. The van der Waals surface area contributed by atoms with Crippen molar-refractivity contribution in [3.8, 4) is 39.8 Å². The molecule has 0 saturated heterocycles. The molecule has 0 fully saturated rings. The Kier molecular flexibility index (Phi) is 11.9. The van der Waals surface area contributed by atoms with Gasteiger partial charge in [-0.3, -0.25) is 0 Å². The van der Waals surface area contributed by atoms with E-state index in [4.69, 9.17) is 18.9 Å². The lowest BCUT2D eigenvalue weighted by atomic mass is 9.95. The van der Waals surface area contributed by atoms with Crippen LogP contribution in [0, 0.1) is 0 Å². The van der Waals surface area contributed by atoms with Crippen molar-refractivity contribution in [1.82, 2.24) is 29.5 Å². The lowest BCUT2D eigenvalue weighted by molar-refractivity contribution is -0.139. The number of tetrazole rings is 1. The van der Waals surface area contributed by atoms with Gasteiger partial charge in [-0.25, -0.2) is 13.2 Å². The summed E-state index contributed by atoms with van der Waals surface area (Å²) in [6, 6.07) is 28.5. The maximum Gasteiger partial charge on any atom is 0.417 e. The van der Waals surface area contributed by atoms with E-state index >= 15 is 21.6 Å². The van der Waals surface area contributed by atoms with E-state index in [0.29, 0.717) is 44.8 Å². The smallest absolute Gasteiger partial charge is 0.417 e. The third-order valence-corrected chi connectivity index (χ3v) is 11.6. The standard InChI is InChI=1S/C43H39F3N6O7S/c1-5-59-42(53)37-23-30-7-6-8-35(39(30)47-37)34-21-22-36(43(44,45)46)40(38(34)41-48-50-52(49-41)26-29-13-19-33(58-4)20-14-29)60(54,55)51(24-27-9-15-31(56-2)16-10-27)25-28-11-17-32(57-3)18-12-28/h6-23,47H,5,24-26H2,1-4H3. The van der Waals surface area contributed by atoms with Gasteiger partial charge in [-0.05, 0) is 82.9 Å². The molecule has 17 heteroatoms. The second-order valence-electron chi connectivity index (χ2n) is 13.5. The molecule has 7 rings (SSSR count). The summed E-state index contributed by atoms with van der Waals surface area (Å²) >= 11 is 0. The number of methoxy groups -OCH3 is 3. The third kappa shape index (κ3) is 8.67. The van der Waals surface area contributed by atoms with Crippen LogP contribution in [0.1, 0.15) is 39.7 Å². The molecule has 0 radical (unpaired) electrons. The monoisotopic (exact) mass is 840 g/mol. The quantitative estimate of drug-likeness (QED) is 0.100. The van der Waals surface area contributed by atoms with E-state index in [-0.39, 0.29) is 48.9 Å². The van der Waals surface area contributed by atoms with Crippen LogP contribution >= 0.6 is 0 Å². The second kappa shape index (κ2) is 17.2. The lowest BCUT2D eigenvalue weighted by Gasteiger charge is -2.27. The van der Waals surface area contributed by atoms with Gasteiger partial charge in [-0.2, -0.15) is 22.3 Å². The minimum absolute atomic E-state index is 0.0299. The Bertz CT molecular complexity index is 2690. The van der Waals surface area contributed by atoms with Gasteiger partial charge in [-0.1, -0.05) is 60.7 Å². The number of nitrogens with zero attached hydrogens (tertiary/aromatic N) is 5. The number of fused-ring (bicyclic) bond motifs is 1. The molecule has 5 aromatic carbocycles. The molecule has 60 heavy (non-hydrogen) atoms. The molecule has 2 heterocycles. The summed E-state index contributed by atoms with van der Waals surface area (Å²) in [5, 5.41) is 13.4. The number of benzene rings is 5. The number of carbonyl (C=O) groups excluding carboxylic acids is 1. The fourth-order valence-corrected chi connectivity index (χ4v) is 8.57. The molecule has 1 N–H and O–H groups in total. The summed E-state index contributed by atoms with van der Waals surface area (Å²) < 4.78 is 99.1. The first kappa shape index (κ1) is 41.4. The predicted octanol–water partition coefficient (Wildman–Crippen LogP) is 8.15. The first-order chi connectivity index (χ1) is 28.8. The zero-order chi connectivity index (χ0) is 42.6. The van der Waals surface area contributed by atoms with Crippen LogP contribution in [-0.4, -0.2) is 71.8 Å². The van der Waals surface area contributed by atoms with Crippen molar-refractivity contribution in [3.63, 3.8) is 0 Å². The molecule has 0 aliphatic carbocycles. The summed E-state index contributed by atoms with van der Waals surface area (Å²) in [4.78, 5) is 15.9. The van der Waals surface area contributed by atoms with Crippen LogP contribution < -0.4 is 14.2 Å². The summed E-state index contributed by atoms with van der Waals surface area (Å²) in [5.74, 6) is 0.586. The third-order valence-electron chi connectivity index (χ3n) is 9.70. The molecule has 0 bridgehead atoms. The van der Waals surface area contributed by atoms with Crippen LogP contribution in [0.4, 0.5) is 13.2 Å². The van der Waals surface area contributed by atoms with E-state index in [1.165, 1.54) is 27.4 Å². The molecule has 0 aliphatic heterocycles. The van der Waals surface area contributed by atoms with Crippen LogP contribution in [0.25, 0.3) is 33.4 Å². The normalized spacial score (nSPS) is 11.9. The Hall–Kier alpha value is -6.72. The van der Waals surface area contributed by atoms with E-state index in [9.17, 15) is 4.79 Å². The summed E-state index contributed by atoms with van der Waals surface area (Å²) in [6.07, 6.45) is -5.17. The highest BCUT2D eigenvalue weighted by atomic mass is 32.2. The van der Waals surface area contributed by atoms with Gasteiger partial charge >= 0.3 is 12.1 Å². The number of para-hydroxylation sites is 1. The SMILES string of the molecule is CCOC(=O)c1cc2cccc(-c3ccc(C(F)(F)F)c(S(=O)(=O)N(Cc4ccc(OC)cc4)Cc4ccc(OC)cc4)c3-c3nnn(Cc4ccc(OC)cc4)n3)c2[nH]1. The highest BCUT2D eigenvalue weighted by molar-refractivity contribution is 7.89. The summed E-state index contributed by atoms with van der Waals surface area (Å²) in [6.45, 7) is 1.15. The highest BCUT2D eigenvalue weighted by Crippen LogP contribution is 2.46. The van der Waals surface area contributed by atoms with Gasteiger partial charge in [0.2, 0.25) is 15.8 Å². The number of nitrogens with one attached hydrogen (secondary N) is 1. The second-order valence-corrected chi connectivity index (χ2v) is 15.4. The average molecular weight is 841 g/mol. The Morgan fingerprint density at radius 1 is 0.767 bits per heavy atom. The molecule has 0 saturated carbocycles. The summed E-state index contributed by atoms with van der Waals surface area (Å²) in [5.41, 5.74) is 0.514. The van der Waals surface area contributed by atoms with Crippen LogP contribution in [0.15, 0.2) is 114 Å². The number of rotatable bonds is 15. The number of esters is 1. The first-order valence-corrected chi connectivity index (χ1v) is 20.0. The van der Waals surface area contributed by atoms with Crippen molar-refractivity contribution in [3.05, 3.63) is 137 Å². The van der Waals surface area contributed by atoms with Gasteiger partial charge < -0.3 is 23.9 Å². The van der Waals surface area contributed by atoms with Gasteiger partial charge in [0.1, 0.15) is 27.8 Å². The first-order valence-electron chi connectivity index (χ1n) is 18.5. The largest absolute Gasteiger partial charge is 0.497 e. The van der Waals surface area contributed by atoms with Crippen molar-refractivity contribution in [2.45, 2.75) is 37.6 Å². The molecule has 0 atom stereocenters. The summed E-state index contributed by atoms with van der Waals surface area (Å²) in [7, 11) is -0.653. The lowest BCUT2D eigenvalue weighted by Crippen LogP contribution is -2.32. The number of halogens is 3. The van der Waals surface area contributed by atoms with Crippen molar-refractivity contribution < 1.29 is 45.3 Å². The van der Waals surface area contributed by atoms with Crippen molar-refractivity contribution in [2.75, 3.05) is 27.9 Å². The number of aromatic nitrogens is 5. The minimum Gasteiger partial charge on any atom is -0.497 e. The molecule has 0 spiro atoms. The molecular weight excluding hydrogens is 802 g/mol. The molecule has 0 unspecified atom stereocenters. The Balaban J connectivity index is 1.48. The van der Waals surface area contributed by atoms with E-state index < -0.39 is 38.2 Å². The molecule has 13 nitrogen and oxygen atoms in total. The van der Waals surface area contributed by atoms with Crippen molar-refractivity contribution in [2.24, 2.45) is 0 Å². The van der Waals surface area contributed by atoms with Crippen LogP contribution in [0.5, 0.6) is 17.2 Å². The minimum atomic E-state index is -5.17. The predicted molar refractivity (Wildman–Crippen MR) is 216 cm³/mol. The van der Waals surface area contributed by atoms with Gasteiger partial charge in [0.15, 0.2) is 0 Å². The van der Waals surface area contributed by atoms with Gasteiger partial charge in [0.05, 0.1) is 51.1 Å². The van der Waals surface area contributed by atoms with Crippen LogP contribution in [0.2, 0.25) is 0 Å². The number of alkyl halides is 3. The fraction of sp³-hybridized carbons (Fsp3) is 0.209. The highest BCUT2D eigenvalue weighted by Gasteiger charge is 2.43. The zero-order valence-corrected chi connectivity index (χ0v) is 33.7. The molecule has 7 aromatic rings. The average Bonchev–Trinajstić information content (AvgIpc) is 3.91. The van der Waals surface area contributed by atoms with Crippen LogP contribution in [-0.2, 0) is 40.6 Å². The van der Waals surface area contributed by atoms with E-state index in [1.807, 2.05) is 0 Å². The van der Waals surface area contributed by atoms with E-state index in [1.54, 1.807) is 104 Å². The number of hydrogen-bond acceptors (Lipinski definition) is 10. The zero-order valence-electron chi connectivity index (χ0n) is 32.9. The van der Waals surface area contributed by atoms with Gasteiger partial charge in [0, 0.05) is 24.0 Å².